The van der Waals surface area contributed by atoms with Crippen LogP contribution in [-0.2, 0) is 9.59 Å². The van der Waals surface area contributed by atoms with E-state index in [9.17, 15) is 9.59 Å². The van der Waals surface area contributed by atoms with Gasteiger partial charge in [0.1, 0.15) is 5.75 Å². The number of anilines is 1. The Balaban J connectivity index is 1.47. The largest absolute Gasteiger partial charge is 0.497 e. The Morgan fingerprint density at radius 2 is 1.81 bits per heavy atom. The Morgan fingerprint density at radius 3 is 2.38 bits per heavy atom. The molecule has 6 heteroatoms. The molecule has 3 atom stereocenters. The van der Waals surface area contributed by atoms with Crippen molar-refractivity contribution in [1.29, 1.82) is 0 Å². The molecule has 6 nitrogen and oxygen atoms in total. The number of amides is 2. The lowest BCUT2D eigenvalue weighted by atomic mass is 10.2. The number of nitrogens with zero attached hydrogens (tertiary/aromatic N) is 2. The van der Waals surface area contributed by atoms with Gasteiger partial charge in [-0.15, -0.1) is 0 Å². The molecule has 26 heavy (non-hydrogen) atoms. The van der Waals surface area contributed by atoms with E-state index in [1.54, 1.807) is 7.11 Å². The summed E-state index contributed by atoms with van der Waals surface area (Å²) >= 11 is 0. The number of carbonyl (C=O) groups is 2. The second-order valence-electron chi connectivity index (χ2n) is 7.28. The summed E-state index contributed by atoms with van der Waals surface area (Å²) in [6.45, 7) is 7.09. The molecule has 2 aliphatic rings. The fraction of sp³-hybridized carbons (Fsp3) is 0.600. The highest BCUT2D eigenvalue weighted by Crippen LogP contribution is 2.40. The SMILES string of the molecule is CCC(C)NC(=O)C1CC1C(=O)N1CCN(c2ccc(OC)cc2)CC1. The quantitative estimate of drug-likeness (QED) is 0.843. The third-order valence-corrected chi connectivity index (χ3v) is 5.47. The number of hydrogen-bond donors (Lipinski definition) is 1. The summed E-state index contributed by atoms with van der Waals surface area (Å²) in [7, 11) is 1.66. The van der Waals surface area contributed by atoms with Crippen molar-refractivity contribution in [3.05, 3.63) is 24.3 Å². The molecule has 1 heterocycles. The van der Waals surface area contributed by atoms with E-state index >= 15 is 0 Å². The number of nitrogens with one attached hydrogen (secondary N) is 1. The van der Waals surface area contributed by atoms with Crippen molar-refractivity contribution in [2.24, 2.45) is 11.8 Å². The lowest BCUT2D eigenvalue weighted by Gasteiger charge is -2.36. The molecule has 0 aromatic heterocycles. The first-order valence-corrected chi connectivity index (χ1v) is 9.51. The fourth-order valence-electron chi connectivity index (χ4n) is 3.42. The number of methoxy groups -OCH3 is 1. The molecule has 1 N–H and O–H groups in total. The summed E-state index contributed by atoms with van der Waals surface area (Å²) in [6, 6.07) is 8.18. The van der Waals surface area contributed by atoms with Gasteiger partial charge in [0.2, 0.25) is 11.8 Å². The molecular formula is C20H29N3O3. The fourth-order valence-corrected chi connectivity index (χ4v) is 3.42. The van der Waals surface area contributed by atoms with Gasteiger partial charge in [0, 0.05) is 37.9 Å². The molecule has 0 bridgehead atoms. The summed E-state index contributed by atoms with van der Waals surface area (Å²) in [5.74, 6) is 0.777. The van der Waals surface area contributed by atoms with Crippen molar-refractivity contribution in [1.82, 2.24) is 10.2 Å². The van der Waals surface area contributed by atoms with Crippen LogP contribution in [0.2, 0.25) is 0 Å². The molecule has 3 unspecified atom stereocenters. The van der Waals surface area contributed by atoms with E-state index < -0.39 is 0 Å². The number of piperazine rings is 1. The Labute approximate surface area is 155 Å². The van der Waals surface area contributed by atoms with Crippen molar-refractivity contribution >= 4 is 17.5 Å². The first-order valence-electron chi connectivity index (χ1n) is 9.51. The minimum absolute atomic E-state index is 0.0366. The van der Waals surface area contributed by atoms with E-state index in [1.807, 2.05) is 43.0 Å². The monoisotopic (exact) mass is 359 g/mol. The second-order valence-corrected chi connectivity index (χ2v) is 7.28. The Bertz CT molecular complexity index is 638. The third-order valence-electron chi connectivity index (χ3n) is 5.47. The summed E-state index contributed by atoms with van der Waals surface area (Å²) in [4.78, 5) is 29.0. The van der Waals surface area contributed by atoms with Crippen molar-refractivity contribution in [2.75, 3.05) is 38.2 Å². The van der Waals surface area contributed by atoms with Crippen LogP contribution >= 0.6 is 0 Å². The van der Waals surface area contributed by atoms with E-state index in [0.29, 0.717) is 19.5 Å². The van der Waals surface area contributed by atoms with Crippen molar-refractivity contribution in [2.45, 2.75) is 32.7 Å². The van der Waals surface area contributed by atoms with Gasteiger partial charge in [-0.3, -0.25) is 9.59 Å². The molecule has 1 aliphatic carbocycles. The van der Waals surface area contributed by atoms with Gasteiger partial charge in [0.05, 0.1) is 18.9 Å². The van der Waals surface area contributed by atoms with Crippen LogP contribution in [0.5, 0.6) is 5.75 Å². The van der Waals surface area contributed by atoms with E-state index in [2.05, 4.69) is 10.2 Å². The van der Waals surface area contributed by atoms with Crippen LogP contribution in [0.1, 0.15) is 26.7 Å². The summed E-state index contributed by atoms with van der Waals surface area (Å²) in [6.07, 6.45) is 1.60. The molecule has 1 saturated carbocycles. The highest BCUT2D eigenvalue weighted by molar-refractivity contribution is 5.92. The zero-order valence-corrected chi connectivity index (χ0v) is 15.9. The minimum atomic E-state index is -0.129. The van der Waals surface area contributed by atoms with E-state index in [4.69, 9.17) is 4.74 Å². The smallest absolute Gasteiger partial charge is 0.226 e. The van der Waals surface area contributed by atoms with Gasteiger partial charge in [-0.2, -0.15) is 0 Å². The van der Waals surface area contributed by atoms with E-state index in [1.165, 1.54) is 0 Å². The molecule has 1 aromatic rings. The van der Waals surface area contributed by atoms with Gasteiger partial charge in [0.25, 0.3) is 0 Å². The van der Waals surface area contributed by atoms with Gasteiger partial charge < -0.3 is 19.9 Å². The van der Waals surface area contributed by atoms with Crippen LogP contribution in [-0.4, -0.2) is 56.0 Å². The molecule has 0 radical (unpaired) electrons. The number of hydrogen-bond acceptors (Lipinski definition) is 4. The maximum atomic E-state index is 12.7. The summed E-state index contributed by atoms with van der Waals surface area (Å²) in [5, 5.41) is 2.99. The Hall–Kier alpha value is -2.24. The van der Waals surface area contributed by atoms with Crippen LogP contribution < -0.4 is 15.0 Å². The Morgan fingerprint density at radius 1 is 1.15 bits per heavy atom. The summed E-state index contributed by atoms with van der Waals surface area (Å²) in [5.41, 5.74) is 1.15. The standard InChI is InChI=1S/C20H29N3O3/c1-4-14(2)21-19(24)17-13-18(17)20(25)23-11-9-22(10-12-23)15-5-7-16(26-3)8-6-15/h5-8,14,17-18H,4,9-13H2,1-3H3,(H,21,24). The average Bonchev–Trinajstić information content (AvgIpc) is 3.48. The van der Waals surface area contributed by atoms with Crippen LogP contribution in [0.4, 0.5) is 5.69 Å². The first-order chi connectivity index (χ1) is 12.5. The third kappa shape index (κ3) is 4.11. The van der Waals surface area contributed by atoms with E-state index in [0.717, 1.165) is 30.9 Å². The van der Waals surface area contributed by atoms with Crippen molar-refractivity contribution < 1.29 is 14.3 Å². The van der Waals surface area contributed by atoms with Gasteiger partial charge >= 0.3 is 0 Å². The van der Waals surface area contributed by atoms with Gasteiger partial charge in [0.15, 0.2) is 0 Å². The topological polar surface area (TPSA) is 61.9 Å². The van der Waals surface area contributed by atoms with Crippen molar-refractivity contribution in [3.63, 3.8) is 0 Å². The highest BCUT2D eigenvalue weighted by atomic mass is 16.5. The predicted octanol–water partition coefficient (Wildman–Crippen LogP) is 1.89. The van der Waals surface area contributed by atoms with Crippen LogP contribution in [0.3, 0.4) is 0 Å². The maximum Gasteiger partial charge on any atom is 0.226 e. The first kappa shape index (κ1) is 18.5. The average molecular weight is 359 g/mol. The van der Waals surface area contributed by atoms with Gasteiger partial charge in [-0.1, -0.05) is 6.92 Å². The van der Waals surface area contributed by atoms with Gasteiger partial charge in [-0.05, 0) is 44.0 Å². The Kier molecular flexibility index (Phi) is 5.69. The van der Waals surface area contributed by atoms with Crippen LogP contribution in [0.15, 0.2) is 24.3 Å². The lowest BCUT2D eigenvalue weighted by Crippen LogP contribution is -2.49. The molecule has 2 amide bonds. The predicted molar refractivity (Wildman–Crippen MR) is 101 cm³/mol. The molecule has 0 spiro atoms. The molecule has 2 fully saturated rings. The molecular weight excluding hydrogens is 330 g/mol. The zero-order chi connectivity index (χ0) is 18.7. The summed E-state index contributed by atoms with van der Waals surface area (Å²) < 4.78 is 5.19. The molecule has 1 saturated heterocycles. The van der Waals surface area contributed by atoms with Crippen LogP contribution in [0.25, 0.3) is 0 Å². The minimum Gasteiger partial charge on any atom is -0.497 e. The van der Waals surface area contributed by atoms with Gasteiger partial charge in [-0.25, -0.2) is 0 Å². The normalized spacial score (nSPS) is 23.3. The molecule has 1 aliphatic heterocycles. The molecule has 142 valence electrons. The second kappa shape index (κ2) is 7.98. The van der Waals surface area contributed by atoms with E-state index in [-0.39, 0.29) is 29.7 Å². The number of benzene rings is 1. The number of ether oxygens (including phenoxy) is 1. The molecule has 1 aromatic carbocycles. The van der Waals surface area contributed by atoms with Crippen LogP contribution in [0, 0.1) is 11.8 Å². The zero-order valence-electron chi connectivity index (χ0n) is 15.9. The number of carbonyl (C=O) groups excluding carboxylic acids is 2. The maximum absolute atomic E-state index is 12.7. The van der Waals surface area contributed by atoms with Crippen molar-refractivity contribution in [3.8, 4) is 5.75 Å². The highest BCUT2D eigenvalue weighted by Gasteiger charge is 2.49. The number of rotatable bonds is 6. The molecule has 3 rings (SSSR count). The lowest BCUT2D eigenvalue weighted by molar-refractivity contribution is -0.135.